The zero-order valence-electron chi connectivity index (χ0n) is 18.1. The number of amides is 4. The van der Waals surface area contributed by atoms with Crippen LogP contribution in [0.15, 0.2) is 30.3 Å². The third-order valence-corrected chi connectivity index (χ3v) is 3.92. The summed E-state index contributed by atoms with van der Waals surface area (Å²) in [6.45, 7) is 7.14. The summed E-state index contributed by atoms with van der Waals surface area (Å²) < 4.78 is 0. The van der Waals surface area contributed by atoms with E-state index in [4.69, 9.17) is 0 Å². The second kappa shape index (κ2) is 13.3. The average Bonchev–Trinajstić information content (AvgIpc) is 2.68. The SMILES string of the molecule is CC(C)NCC(=O)NCC(=O)N[C@@H](Cc1ccccc1)C(=O)NCC(=O)NC(C)C. The summed E-state index contributed by atoms with van der Waals surface area (Å²) in [7, 11) is 0. The second-order valence-electron chi connectivity index (χ2n) is 7.56. The lowest BCUT2D eigenvalue weighted by Gasteiger charge is -2.19. The van der Waals surface area contributed by atoms with Gasteiger partial charge in [-0.15, -0.1) is 0 Å². The van der Waals surface area contributed by atoms with Gasteiger partial charge in [-0.2, -0.15) is 0 Å². The van der Waals surface area contributed by atoms with Gasteiger partial charge in [0.05, 0.1) is 19.6 Å². The van der Waals surface area contributed by atoms with Crippen LogP contribution in [0, 0.1) is 0 Å². The highest BCUT2D eigenvalue weighted by atomic mass is 16.2. The zero-order valence-corrected chi connectivity index (χ0v) is 18.1. The minimum absolute atomic E-state index is 0.0389. The molecule has 4 amide bonds. The highest BCUT2D eigenvalue weighted by Gasteiger charge is 2.22. The summed E-state index contributed by atoms with van der Waals surface area (Å²) >= 11 is 0. The van der Waals surface area contributed by atoms with Crippen molar-refractivity contribution in [3.05, 3.63) is 35.9 Å². The van der Waals surface area contributed by atoms with E-state index in [0.717, 1.165) is 5.56 Å². The molecule has 30 heavy (non-hydrogen) atoms. The van der Waals surface area contributed by atoms with Crippen molar-refractivity contribution in [2.45, 2.75) is 52.2 Å². The third-order valence-electron chi connectivity index (χ3n) is 3.92. The lowest BCUT2D eigenvalue weighted by Crippen LogP contribution is -2.52. The standard InChI is InChI=1S/C21H33N5O4/c1-14(2)22-11-18(27)23-12-20(29)26-17(10-16-8-6-5-7-9-16)21(30)24-13-19(28)25-15(3)4/h5-9,14-15,17,22H,10-13H2,1-4H3,(H,23,27)(H,24,30)(H,25,28)(H,26,29)/t17-/m0/s1. The van der Waals surface area contributed by atoms with E-state index in [9.17, 15) is 19.2 Å². The zero-order chi connectivity index (χ0) is 22.5. The van der Waals surface area contributed by atoms with Crippen LogP contribution in [0.4, 0.5) is 0 Å². The summed E-state index contributed by atoms with van der Waals surface area (Å²) in [6.07, 6.45) is 0.257. The van der Waals surface area contributed by atoms with Crippen LogP contribution in [0.25, 0.3) is 0 Å². The average molecular weight is 420 g/mol. The molecule has 0 spiro atoms. The Bertz CT molecular complexity index is 707. The summed E-state index contributed by atoms with van der Waals surface area (Å²) in [6, 6.07) is 8.45. The third kappa shape index (κ3) is 11.2. The fourth-order valence-corrected chi connectivity index (χ4v) is 2.51. The molecule has 9 nitrogen and oxygen atoms in total. The van der Waals surface area contributed by atoms with Crippen molar-refractivity contribution < 1.29 is 19.2 Å². The Morgan fingerprint density at radius 3 is 1.93 bits per heavy atom. The van der Waals surface area contributed by atoms with Gasteiger partial charge in [-0.3, -0.25) is 19.2 Å². The molecule has 0 radical (unpaired) electrons. The maximum Gasteiger partial charge on any atom is 0.243 e. The predicted molar refractivity (Wildman–Crippen MR) is 115 cm³/mol. The van der Waals surface area contributed by atoms with E-state index in [2.05, 4.69) is 26.6 Å². The molecule has 1 atom stereocenters. The van der Waals surface area contributed by atoms with E-state index in [1.165, 1.54) is 0 Å². The molecule has 0 fully saturated rings. The second-order valence-corrected chi connectivity index (χ2v) is 7.56. The largest absolute Gasteiger partial charge is 0.352 e. The van der Waals surface area contributed by atoms with Crippen LogP contribution in [0.5, 0.6) is 0 Å². The molecule has 0 aliphatic carbocycles. The fraction of sp³-hybridized carbons (Fsp3) is 0.524. The normalized spacial score (nSPS) is 11.7. The van der Waals surface area contributed by atoms with Crippen LogP contribution >= 0.6 is 0 Å². The molecule has 0 unspecified atom stereocenters. The number of hydrogen-bond donors (Lipinski definition) is 5. The molecule has 0 saturated carbocycles. The van der Waals surface area contributed by atoms with Gasteiger partial charge in [0.1, 0.15) is 6.04 Å². The minimum Gasteiger partial charge on any atom is -0.352 e. The highest BCUT2D eigenvalue weighted by molar-refractivity contribution is 5.92. The van der Waals surface area contributed by atoms with Gasteiger partial charge in [-0.05, 0) is 19.4 Å². The van der Waals surface area contributed by atoms with Crippen molar-refractivity contribution in [1.82, 2.24) is 26.6 Å². The summed E-state index contributed by atoms with van der Waals surface area (Å²) in [5.74, 6) is -1.59. The van der Waals surface area contributed by atoms with Gasteiger partial charge >= 0.3 is 0 Å². The quantitative estimate of drug-likeness (QED) is 0.311. The smallest absolute Gasteiger partial charge is 0.243 e. The van der Waals surface area contributed by atoms with Crippen molar-refractivity contribution in [1.29, 1.82) is 0 Å². The predicted octanol–water partition coefficient (Wildman–Crippen LogP) is -0.531. The molecule has 1 aromatic carbocycles. The first-order chi connectivity index (χ1) is 14.2. The van der Waals surface area contributed by atoms with Gasteiger partial charge in [0.15, 0.2) is 0 Å². The first-order valence-corrected chi connectivity index (χ1v) is 10.1. The molecule has 166 valence electrons. The number of carbonyl (C=O) groups is 4. The van der Waals surface area contributed by atoms with Crippen molar-refractivity contribution in [3.8, 4) is 0 Å². The lowest BCUT2D eigenvalue weighted by atomic mass is 10.1. The maximum absolute atomic E-state index is 12.6. The van der Waals surface area contributed by atoms with E-state index >= 15 is 0 Å². The number of nitrogens with one attached hydrogen (secondary N) is 5. The van der Waals surface area contributed by atoms with E-state index in [1.807, 2.05) is 58.0 Å². The lowest BCUT2D eigenvalue weighted by molar-refractivity contribution is -0.130. The van der Waals surface area contributed by atoms with Crippen molar-refractivity contribution in [3.63, 3.8) is 0 Å². The summed E-state index contributed by atoms with van der Waals surface area (Å²) in [4.78, 5) is 48.4. The van der Waals surface area contributed by atoms with Crippen molar-refractivity contribution in [2.75, 3.05) is 19.6 Å². The molecule has 0 bridgehead atoms. The van der Waals surface area contributed by atoms with Crippen LogP contribution in [0.1, 0.15) is 33.3 Å². The summed E-state index contributed by atoms with van der Waals surface area (Å²) in [5, 5.41) is 13.3. The Hall–Kier alpha value is -2.94. The topological polar surface area (TPSA) is 128 Å². The van der Waals surface area contributed by atoms with Gasteiger partial charge < -0.3 is 26.6 Å². The molecule has 0 aliphatic heterocycles. The van der Waals surface area contributed by atoms with E-state index in [-0.39, 0.29) is 50.0 Å². The van der Waals surface area contributed by atoms with Gasteiger partial charge in [0.25, 0.3) is 0 Å². The van der Waals surface area contributed by atoms with Crippen LogP contribution in [-0.4, -0.2) is 61.4 Å². The summed E-state index contributed by atoms with van der Waals surface area (Å²) in [5.41, 5.74) is 0.856. The van der Waals surface area contributed by atoms with E-state index in [0.29, 0.717) is 0 Å². The molecular formula is C21H33N5O4. The molecule has 1 rings (SSSR count). The first kappa shape index (κ1) is 25.1. The molecule has 9 heteroatoms. The van der Waals surface area contributed by atoms with Crippen LogP contribution < -0.4 is 26.6 Å². The van der Waals surface area contributed by atoms with E-state index in [1.54, 1.807) is 0 Å². The Morgan fingerprint density at radius 2 is 1.33 bits per heavy atom. The van der Waals surface area contributed by atoms with Crippen molar-refractivity contribution in [2.24, 2.45) is 0 Å². The molecule has 5 N–H and O–H groups in total. The fourth-order valence-electron chi connectivity index (χ4n) is 2.51. The highest BCUT2D eigenvalue weighted by Crippen LogP contribution is 2.03. The number of carbonyl (C=O) groups excluding carboxylic acids is 4. The Kier molecular flexibility index (Phi) is 11.1. The molecule has 0 aromatic heterocycles. The Labute approximate surface area is 177 Å². The van der Waals surface area contributed by atoms with Crippen LogP contribution in [0.3, 0.4) is 0 Å². The molecule has 0 saturated heterocycles. The molecule has 1 aromatic rings. The monoisotopic (exact) mass is 419 g/mol. The number of benzene rings is 1. The van der Waals surface area contributed by atoms with Gasteiger partial charge in [0, 0.05) is 18.5 Å². The minimum atomic E-state index is -0.877. The Balaban J connectivity index is 2.64. The van der Waals surface area contributed by atoms with Gasteiger partial charge in [-0.25, -0.2) is 0 Å². The maximum atomic E-state index is 12.6. The first-order valence-electron chi connectivity index (χ1n) is 10.1. The van der Waals surface area contributed by atoms with Crippen LogP contribution in [0.2, 0.25) is 0 Å². The number of rotatable bonds is 12. The van der Waals surface area contributed by atoms with Gasteiger partial charge in [-0.1, -0.05) is 44.2 Å². The van der Waals surface area contributed by atoms with Gasteiger partial charge in [0.2, 0.25) is 23.6 Å². The Morgan fingerprint density at radius 1 is 0.733 bits per heavy atom. The van der Waals surface area contributed by atoms with Crippen molar-refractivity contribution >= 4 is 23.6 Å². The molecule has 0 aliphatic rings. The molecule has 0 heterocycles. The molecular weight excluding hydrogens is 386 g/mol. The number of hydrogen-bond acceptors (Lipinski definition) is 5. The van der Waals surface area contributed by atoms with Crippen LogP contribution in [-0.2, 0) is 25.6 Å². The van der Waals surface area contributed by atoms with E-state index < -0.39 is 17.9 Å².